The largest absolute Gasteiger partial charge is 0.418 e. The maximum absolute atomic E-state index is 13.2. The van der Waals surface area contributed by atoms with Crippen LogP contribution in [0, 0.1) is 6.92 Å². The summed E-state index contributed by atoms with van der Waals surface area (Å²) >= 11 is 0. The lowest BCUT2D eigenvalue weighted by Crippen LogP contribution is -2.30. The summed E-state index contributed by atoms with van der Waals surface area (Å²) in [5.74, 6) is -0.908. The van der Waals surface area contributed by atoms with Crippen LogP contribution < -0.4 is 16.0 Å². The Bertz CT molecular complexity index is 818. The van der Waals surface area contributed by atoms with Crippen LogP contribution in [0.2, 0.25) is 0 Å². The standard InChI is InChI=1S/C19H20F3N3O2/c1-12-3-5-14(6-4-12)10-24-18(27)11-23-17-8-7-15(25-13(2)26)9-16(17)19(20,21)22/h3-9,23H,10-11H2,1-2H3,(H,24,27)(H,25,26). The van der Waals surface area contributed by atoms with E-state index in [2.05, 4.69) is 16.0 Å². The lowest BCUT2D eigenvalue weighted by atomic mass is 10.1. The Morgan fingerprint density at radius 1 is 1.04 bits per heavy atom. The second kappa shape index (κ2) is 8.57. The molecule has 2 aromatic carbocycles. The fourth-order valence-electron chi connectivity index (χ4n) is 2.36. The number of hydrogen-bond acceptors (Lipinski definition) is 3. The van der Waals surface area contributed by atoms with Crippen molar-refractivity contribution in [2.45, 2.75) is 26.6 Å². The molecule has 0 radical (unpaired) electrons. The van der Waals surface area contributed by atoms with E-state index < -0.39 is 23.6 Å². The molecule has 0 aliphatic rings. The maximum Gasteiger partial charge on any atom is 0.418 e. The molecule has 0 saturated carbocycles. The second-order valence-electron chi connectivity index (χ2n) is 6.06. The van der Waals surface area contributed by atoms with Crippen molar-refractivity contribution in [3.8, 4) is 0 Å². The molecule has 0 saturated heterocycles. The predicted octanol–water partition coefficient (Wildman–Crippen LogP) is 3.70. The van der Waals surface area contributed by atoms with E-state index in [9.17, 15) is 22.8 Å². The van der Waals surface area contributed by atoms with Crippen LogP contribution in [0.3, 0.4) is 0 Å². The van der Waals surface area contributed by atoms with Gasteiger partial charge in [0.05, 0.1) is 12.1 Å². The van der Waals surface area contributed by atoms with E-state index in [4.69, 9.17) is 0 Å². The summed E-state index contributed by atoms with van der Waals surface area (Å²) in [7, 11) is 0. The van der Waals surface area contributed by atoms with Crippen molar-refractivity contribution < 1.29 is 22.8 Å². The second-order valence-corrected chi connectivity index (χ2v) is 6.06. The van der Waals surface area contributed by atoms with Gasteiger partial charge in [0, 0.05) is 24.8 Å². The molecule has 2 amide bonds. The summed E-state index contributed by atoms with van der Waals surface area (Å²) in [4.78, 5) is 22.9. The third-order valence-corrected chi connectivity index (χ3v) is 3.70. The topological polar surface area (TPSA) is 70.2 Å². The van der Waals surface area contributed by atoms with Crippen molar-refractivity contribution >= 4 is 23.2 Å². The summed E-state index contributed by atoms with van der Waals surface area (Å²) in [5, 5.41) is 7.45. The molecule has 144 valence electrons. The molecule has 2 aromatic rings. The van der Waals surface area contributed by atoms with Crippen molar-refractivity contribution in [2.75, 3.05) is 17.2 Å². The fourth-order valence-corrected chi connectivity index (χ4v) is 2.36. The first-order chi connectivity index (χ1) is 12.6. The summed E-state index contributed by atoms with van der Waals surface area (Å²) in [6.07, 6.45) is -4.63. The number of benzene rings is 2. The van der Waals surface area contributed by atoms with Crippen molar-refractivity contribution in [3.05, 3.63) is 59.2 Å². The van der Waals surface area contributed by atoms with Crippen molar-refractivity contribution in [1.82, 2.24) is 5.32 Å². The number of anilines is 2. The van der Waals surface area contributed by atoms with Gasteiger partial charge >= 0.3 is 6.18 Å². The first-order valence-electron chi connectivity index (χ1n) is 8.20. The van der Waals surface area contributed by atoms with Gasteiger partial charge in [-0.3, -0.25) is 9.59 Å². The van der Waals surface area contributed by atoms with E-state index in [1.807, 2.05) is 31.2 Å². The van der Waals surface area contributed by atoms with Gasteiger partial charge in [0.25, 0.3) is 0 Å². The number of nitrogens with one attached hydrogen (secondary N) is 3. The van der Waals surface area contributed by atoms with Crippen LogP contribution in [0.5, 0.6) is 0 Å². The predicted molar refractivity (Wildman–Crippen MR) is 97.3 cm³/mol. The SMILES string of the molecule is CC(=O)Nc1ccc(NCC(=O)NCc2ccc(C)cc2)c(C(F)(F)F)c1. The zero-order valence-corrected chi connectivity index (χ0v) is 14.9. The average Bonchev–Trinajstić information content (AvgIpc) is 2.58. The molecule has 0 atom stereocenters. The molecule has 0 aromatic heterocycles. The highest BCUT2D eigenvalue weighted by Gasteiger charge is 2.34. The number of halogens is 3. The zero-order chi connectivity index (χ0) is 20.0. The first-order valence-corrected chi connectivity index (χ1v) is 8.20. The highest BCUT2D eigenvalue weighted by Crippen LogP contribution is 2.36. The monoisotopic (exact) mass is 379 g/mol. The van der Waals surface area contributed by atoms with Crippen molar-refractivity contribution in [1.29, 1.82) is 0 Å². The third-order valence-electron chi connectivity index (χ3n) is 3.70. The first kappa shape index (κ1) is 20.3. The molecule has 0 spiro atoms. The van der Waals surface area contributed by atoms with Crippen molar-refractivity contribution in [3.63, 3.8) is 0 Å². The van der Waals surface area contributed by atoms with Gasteiger partial charge in [-0.15, -0.1) is 0 Å². The number of carbonyl (C=O) groups is 2. The molecule has 8 heteroatoms. The normalized spacial score (nSPS) is 11.0. The molecule has 2 rings (SSSR count). The van der Waals surface area contributed by atoms with E-state index >= 15 is 0 Å². The number of carbonyl (C=O) groups excluding carboxylic acids is 2. The molecule has 5 nitrogen and oxygen atoms in total. The maximum atomic E-state index is 13.2. The Morgan fingerprint density at radius 3 is 2.30 bits per heavy atom. The molecule has 0 unspecified atom stereocenters. The van der Waals surface area contributed by atoms with Crippen LogP contribution in [-0.4, -0.2) is 18.4 Å². The van der Waals surface area contributed by atoms with Gasteiger partial charge in [-0.25, -0.2) is 0 Å². The summed E-state index contributed by atoms with van der Waals surface area (Å²) in [5.41, 5.74) is 0.824. The van der Waals surface area contributed by atoms with E-state index in [-0.39, 0.29) is 24.5 Å². The molecule has 3 N–H and O–H groups in total. The van der Waals surface area contributed by atoms with E-state index in [0.717, 1.165) is 17.2 Å². The van der Waals surface area contributed by atoms with Gasteiger partial charge in [-0.1, -0.05) is 29.8 Å². The third kappa shape index (κ3) is 6.32. The molecule has 0 aliphatic carbocycles. The van der Waals surface area contributed by atoms with Crippen LogP contribution in [0.25, 0.3) is 0 Å². The Morgan fingerprint density at radius 2 is 1.70 bits per heavy atom. The van der Waals surface area contributed by atoms with Gasteiger partial charge in [-0.2, -0.15) is 13.2 Å². The lowest BCUT2D eigenvalue weighted by Gasteiger charge is -2.16. The molecule has 0 heterocycles. The highest BCUT2D eigenvalue weighted by atomic mass is 19.4. The van der Waals surface area contributed by atoms with Crippen LogP contribution in [-0.2, 0) is 22.3 Å². The molecule has 0 fully saturated rings. The van der Waals surface area contributed by atoms with Crippen molar-refractivity contribution in [2.24, 2.45) is 0 Å². The quantitative estimate of drug-likeness (QED) is 0.717. The number of aryl methyl sites for hydroxylation is 1. The van der Waals surface area contributed by atoms with E-state index in [1.165, 1.54) is 19.1 Å². The summed E-state index contributed by atoms with van der Waals surface area (Å²) in [6, 6.07) is 10.9. The number of rotatable bonds is 6. The van der Waals surface area contributed by atoms with Crippen LogP contribution in [0.15, 0.2) is 42.5 Å². The summed E-state index contributed by atoms with van der Waals surface area (Å²) in [6.45, 7) is 3.13. The Labute approximate surface area is 155 Å². The molecule has 0 bridgehead atoms. The Balaban J connectivity index is 2.00. The Kier molecular flexibility index (Phi) is 6.44. The fraction of sp³-hybridized carbons (Fsp3) is 0.263. The molecular formula is C19H20F3N3O2. The van der Waals surface area contributed by atoms with Crippen LogP contribution >= 0.6 is 0 Å². The van der Waals surface area contributed by atoms with E-state index in [1.54, 1.807) is 0 Å². The minimum absolute atomic E-state index is 0.0317. The van der Waals surface area contributed by atoms with Crippen LogP contribution in [0.4, 0.5) is 24.5 Å². The molecular weight excluding hydrogens is 359 g/mol. The minimum Gasteiger partial charge on any atom is -0.376 e. The van der Waals surface area contributed by atoms with Gasteiger partial charge in [0.15, 0.2) is 0 Å². The number of hydrogen-bond donors (Lipinski definition) is 3. The minimum atomic E-state index is -4.63. The smallest absolute Gasteiger partial charge is 0.376 e. The number of alkyl halides is 3. The molecule has 0 aliphatic heterocycles. The van der Waals surface area contributed by atoms with E-state index in [0.29, 0.717) is 0 Å². The summed E-state index contributed by atoms with van der Waals surface area (Å²) < 4.78 is 39.7. The van der Waals surface area contributed by atoms with Gasteiger partial charge in [-0.05, 0) is 30.7 Å². The highest BCUT2D eigenvalue weighted by molar-refractivity contribution is 5.89. The molecule has 27 heavy (non-hydrogen) atoms. The van der Waals surface area contributed by atoms with Gasteiger partial charge in [0.1, 0.15) is 0 Å². The van der Waals surface area contributed by atoms with Gasteiger partial charge < -0.3 is 16.0 Å². The average molecular weight is 379 g/mol. The Hall–Kier alpha value is -3.03. The number of amides is 2. The van der Waals surface area contributed by atoms with Gasteiger partial charge in [0.2, 0.25) is 11.8 Å². The lowest BCUT2D eigenvalue weighted by molar-refractivity contribution is -0.137. The zero-order valence-electron chi connectivity index (χ0n) is 14.9. The van der Waals surface area contributed by atoms with Crippen LogP contribution in [0.1, 0.15) is 23.6 Å².